The topological polar surface area (TPSA) is 69.7 Å². The minimum Gasteiger partial charge on any atom is -0.347 e. The van der Waals surface area contributed by atoms with E-state index in [9.17, 15) is 14.4 Å². The number of rotatable bonds is 4. The van der Waals surface area contributed by atoms with Crippen molar-refractivity contribution in [2.24, 2.45) is 11.8 Å². The lowest BCUT2D eigenvalue weighted by Crippen LogP contribution is -2.54. The van der Waals surface area contributed by atoms with Gasteiger partial charge in [-0.2, -0.15) is 0 Å². The molecule has 1 heterocycles. The van der Waals surface area contributed by atoms with Gasteiger partial charge in [-0.15, -0.1) is 0 Å². The highest BCUT2D eigenvalue weighted by Gasteiger charge is 2.30. The maximum atomic E-state index is 12.6. The predicted octanol–water partition coefficient (Wildman–Crippen LogP) is 1.54. The highest BCUT2D eigenvalue weighted by atomic mass is 16.2. The summed E-state index contributed by atoms with van der Waals surface area (Å²) in [7, 11) is 0. The molecule has 2 saturated carbocycles. The van der Waals surface area contributed by atoms with Crippen LogP contribution >= 0.6 is 0 Å². The third-order valence-corrected chi connectivity index (χ3v) is 6.04. The van der Waals surface area contributed by atoms with Gasteiger partial charge in [-0.25, -0.2) is 0 Å². The molecular formula is C19H31N3O3. The molecule has 0 spiro atoms. The molecule has 0 aromatic carbocycles. The third kappa shape index (κ3) is 4.73. The Balaban J connectivity index is 1.38. The van der Waals surface area contributed by atoms with E-state index < -0.39 is 0 Å². The van der Waals surface area contributed by atoms with E-state index in [1.165, 1.54) is 6.42 Å². The molecule has 6 nitrogen and oxygen atoms in total. The molecule has 1 N–H and O–H groups in total. The first kappa shape index (κ1) is 18.2. The molecular weight excluding hydrogens is 318 g/mol. The summed E-state index contributed by atoms with van der Waals surface area (Å²) in [5.41, 5.74) is 0. The van der Waals surface area contributed by atoms with Crippen LogP contribution in [0.4, 0.5) is 0 Å². The first-order valence-corrected chi connectivity index (χ1v) is 9.99. The third-order valence-electron chi connectivity index (χ3n) is 6.04. The molecule has 0 aromatic heterocycles. The molecule has 3 fully saturated rings. The van der Waals surface area contributed by atoms with E-state index in [1.807, 2.05) is 4.90 Å². The molecule has 1 saturated heterocycles. The summed E-state index contributed by atoms with van der Waals surface area (Å²) in [6.45, 7) is 2.49. The number of amides is 3. The molecule has 2 aliphatic carbocycles. The van der Waals surface area contributed by atoms with Gasteiger partial charge >= 0.3 is 0 Å². The minimum absolute atomic E-state index is 0.0250. The first-order valence-electron chi connectivity index (χ1n) is 9.99. The van der Waals surface area contributed by atoms with Crippen LogP contribution < -0.4 is 5.32 Å². The Hall–Kier alpha value is -1.59. The lowest BCUT2D eigenvalue weighted by atomic mass is 9.88. The Morgan fingerprint density at radius 1 is 0.720 bits per heavy atom. The van der Waals surface area contributed by atoms with Crippen LogP contribution in [0.5, 0.6) is 0 Å². The Bertz CT molecular complexity index is 488. The molecule has 0 bridgehead atoms. The molecule has 1 aliphatic heterocycles. The molecule has 0 radical (unpaired) electrons. The zero-order chi connectivity index (χ0) is 17.6. The van der Waals surface area contributed by atoms with Gasteiger partial charge < -0.3 is 15.1 Å². The second-order valence-corrected chi connectivity index (χ2v) is 7.74. The number of carbonyl (C=O) groups is 3. The van der Waals surface area contributed by atoms with Gasteiger partial charge in [0.2, 0.25) is 17.7 Å². The van der Waals surface area contributed by atoms with E-state index in [4.69, 9.17) is 0 Å². The van der Waals surface area contributed by atoms with E-state index in [0.717, 1.165) is 51.4 Å². The molecule has 3 rings (SSSR count). The van der Waals surface area contributed by atoms with E-state index in [0.29, 0.717) is 26.2 Å². The van der Waals surface area contributed by atoms with Crippen molar-refractivity contribution in [3.63, 3.8) is 0 Å². The smallest absolute Gasteiger partial charge is 0.242 e. The molecule has 6 heteroatoms. The summed E-state index contributed by atoms with van der Waals surface area (Å²) in [6, 6.07) is 0. The summed E-state index contributed by atoms with van der Waals surface area (Å²) in [6.07, 6.45) is 9.73. The van der Waals surface area contributed by atoms with Crippen molar-refractivity contribution in [3.05, 3.63) is 0 Å². The molecule has 3 aliphatic rings. The van der Waals surface area contributed by atoms with Crippen LogP contribution in [0.1, 0.15) is 57.8 Å². The number of nitrogens with zero attached hydrogens (tertiary/aromatic N) is 2. The lowest BCUT2D eigenvalue weighted by Gasteiger charge is -2.37. The lowest BCUT2D eigenvalue weighted by molar-refractivity contribution is -0.142. The molecule has 0 unspecified atom stereocenters. The van der Waals surface area contributed by atoms with Gasteiger partial charge in [0.25, 0.3) is 0 Å². The Morgan fingerprint density at radius 2 is 1.24 bits per heavy atom. The quantitative estimate of drug-likeness (QED) is 0.837. The van der Waals surface area contributed by atoms with E-state index in [1.54, 1.807) is 4.90 Å². The fourth-order valence-corrected chi connectivity index (χ4v) is 4.39. The maximum absolute atomic E-state index is 12.6. The molecule has 25 heavy (non-hydrogen) atoms. The van der Waals surface area contributed by atoms with Crippen molar-refractivity contribution in [3.8, 4) is 0 Å². The largest absolute Gasteiger partial charge is 0.347 e. The van der Waals surface area contributed by atoms with Crippen LogP contribution in [-0.4, -0.2) is 60.2 Å². The predicted molar refractivity (Wildman–Crippen MR) is 94.7 cm³/mol. The molecule has 0 aromatic rings. The first-order chi connectivity index (χ1) is 12.1. The zero-order valence-corrected chi connectivity index (χ0v) is 15.2. The van der Waals surface area contributed by atoms with Crippen LogP contribution in [0, 0.1) is 11.8 Å². The minimum atomic E-state index is -0.0314. The average molecular weight is 349 g/mol. The van der Waals surface area contributed by atoms with Crippen LogP contribution in [0.25, 0.3) is 0 Å². The van der Waals surface area contributed by atoms with Crippen LogP contribution in [0.15, 0.2) is 0 Å². The Morgan fingerprint density at radius 3 is 1.88 bits per heavy atom. The zero-order valence-electron chi connectivity index (χ0n) is 15.2. The van der Waals surface area contributed by atoms with Gasteiger partial charge in [-0.1, -0.05) is 32.1 Å². The van der Waals surface area contributed by atoms with Crippen molar-refractivity contribution in [1.29, 1.82) is 0 Å². The summed E-state index contributed by atoms with van der Waals surface area (Å²) < 4.78 is 0. The Labute approximate surface area is 150 Å². The highest BCUT2D eigenvalue weighted by Crippen LogP contribution is 2.26. The van der Waals surface area contributed by atoms with Crippen molar-refractivity contribution in [1.82, 2.24) is 15.1 Å². The average Bonchev–Trinajstić information content (AvgIpc) is 3.21. The summed E-state index contributed by atoms with van der Waals surface area (Å²) in [5, 5.41) is 2.80. The Kier molecular flexibility index (Phi) is 6.32. The molecule has 0 atom stereocenters. The SMILES string of the molecule is O=C(NCC(=O)N1CCN(C(=O)C2CCCCC2)CC1)C1CCCC1. The van der Waals surface area contributed by atoms with Gasteiger partial charge in [0.1, 0.15) is 0 Å². The van der Waals surface area contributed by atoms with Gasteiger partial charge in [-0.3, -0.25) is 14.4 Å². The van der Waals surface area contributed by atoms with E-state index >= 15 is 0 Å². The second kappa shape index (κ2) is 8.68. The fourth-order valence-electron chi connectivity index (χ4n) is 4.39. The van der Waals surface area contributed by atoms with Crippen molar-refractivity contribution < 1.29 is 14.4 Å². The van der Waals surface area contributed by atoms with Gasteiger partial charge in [0.05, 0.1) is 6.54 Å². The van der Waals surface area contributed by atoms with Crippen LogP contribution in [0.2, 0.25) is 0 Å². The standard InChI is InChI=1S/C19H31N3O3/c23-17(14-20-18(24)15-6-4-5-7-15)21-10-12-22(13-11-21)19(25)16-8-2-1-3-9-16/h15-16H,1-14H2,(H,20,24). The number of hydrogen-bond acceptors (Lipinski definition) is 3. The maximum Gasteiger partial charge on any atom is 0.242 e. The molecule has 140 valence electrons. The van der Waals surface area contributed by atoms with Gasteiger partial charge in [0, 0.05) is 38.0 Å². The van der Waals surface area contributed by atoms with Crippen molar-refractivity contribution in [2.45, 2.75) is 57.8 Å². The normalized spacial score (nSPS) is 22.9. The van der Waals surface area contributed by atoms with Crippen molar-refractivity contribution in [2.75, 3.05) is 32.7 Å². The van der Waals surface area contributed by atoms with Crippen molar-refractivity contribution >= 4 is 17.7 Å². The second-order valence-electron chi connectivity index (χ2n) is 7.74. The monoisotopic (exact) mass is 349 g/mol. The summed E-state index contributed by atoms with van der Waals surface area (Å²) >= 11 is 0. The number of nitrogens with one attached hydrogen (secondary N) is 1. The molecule has 3 amide bonds. The van der Waals surface area contributed by atoms with Gasteiger partial charge in [-0.05, 0) is 25.7 Å². The number of carbonyl (C=O) groups excluding carboxylic acids is 3. The fraction of sp³-hybridized carbons (Fsp3) is 0.842. The summed E-state index contributed by atoms with van der Waals surface area (Å²) in [4.78, 5) is 40.6. The number of hydrogen-bond donors (Lipinski definition) is 1. The van der Waals surface area contributed by atoms with E-state index in [2.05, 4.69) is 5.32 Å². The highest BCUT2D eigenvalue weighted by molar-refractivity contribution is 5.86. The van der Waals surface area contributed by atoms with Gasteiger partial charge in [0.15, 0.2) is 0 Å². The summed E-state index contributed by atoms with van der Waals surface area (Å²) in [5.74, 6) is 0.564. The number of piperazine rings is 1. The van der Waals surface area contributed by atoms with Crippen LogP contribution in [-0.2, 0) is 14.4 Å². The van der Waals surface area contributed by atoms with Crippen LogP contribution in [0.3, 0.4) is 0 Å². The van der Waals surface area contributed by atoms with E-state index in [-0.39, 0.29) is 36.1 Å².